The van der Waals surface area contributed by atoms with E-state index in [2.05, 4.69) is 10.6 Å². The van der Waals surface area contributed by atoms with E-state index in [0.717, 1.165) is 17.5 Å². The molecule has 1 saturated carbocycles. The van der Waals surface area contributed by atoms with E-state index in [1.165, 1.54) is 12.8 Å². The Hall–Kier alpha value is -3.55. The number of fused-ring (bicyclic) bond motifs is 3. The fraction of sp³-hybridized carbons (Fsp3) is 0.538. The lowest BCUT2D eigenvalue weighted by atomic mass is 9.82. The van der Waals surface area contributed by atoms with Crippen LogP contribution >= 0.6 is 0 Å². The van der Waals surface area contributed by atoms with Gasteiger partial charge in [-0.2, -0.15) is 23.5 Å². The molecular weight excluding hydrogens is 487 g/mol. The zero-order valence-electron chi connectivity index (χ0n) is 20.3. The molecule has 1 aliphatic heterocycles. The first-order valence-electron chi connectivity index (χ1n) is 12.6. The van der Waals surface area contributed by atoms with E-state index in [9.17, 15) is 22.8 Å². The van der Waals surface area contributed by atoms with Crippen molar-refractivity contribution >= 4 is 17.6 Å². The van der Waals surface area contributed by atoms with Gasteiger partial charge in [-0.25, -0.2) is 4.68 Å². The second kappa shape index (κ2) is 9.72. The van der Waals surface area contributed by atoms with Gasteiger partial charge < -0.3 is 15.4 Å². The number of ether oxygens (including phenoxy) is 1. The minimum atomic E-state index is -4.20. The first-order chi connectivity index (χ1) is 17.7. The molecule has 37 heavy (non-hydrogen) atoms. The number of carbonyl (C=O) groups is 2. The first kappa shape index (κ1) is 25.1. The quantitative estimate of drug-likeness (QED) is 0.482. The van der Waals surface area contributed by atoms with Crippen LogP contribution in [0, 0.1) is 17.2 Å². The minimum Gasteiger partial charge on any atom is -0.494 e. The number of rotatable bonds is 9. The van der Waals surface area contributed by atoms with Crippen LogP contribution in [0.2, 0.25) is 0 Å². The van der Waals surface area contributed by atoms with E-state index in [1.807, 2.05) is 18.2 Å². The van der Waals surface area contributed by atoms with E-state index in [0.29, 0.717) is 54.5 Å². The van der Waals surface area contributed by atoms with Crippen LogP contribution in [-0.2, 0) is 29.7 Å². The van der Waals surface area contributed by atoms with Gasteiger partial charge in [-0.1, -0.05) is 18.9 Å². The van der Waals surface area contributed by atoms with Crippen molar-refractivity contribution in [3.05, 3.63) is 40.6 Å². The molecule has 2 aliphatic carbocycles. The second-order valence-electron chi connectivity index (χ2n) is 10.1. The molecule has 5 rings (SSSR count). The highest BCUT2D eigenvalue weighted by molar-refractivity contribution is 6.05. The molecule has 0 unspecified atom stereocenters. The van der Waals surface area contributed by atoms with Crippen LogP contribution in [0.3, 0.4) is 0 Å². The van der Waals surface area contributed by atoms with Crippen LogP contribution in [0.4, 0.5) is 19.0 Å². The highest BCUT2D eigenvalue weighted by Crippen LogP contribution is 2.44. The van der Waals surface area contributed by atoms with Crippen LogP contribution in [-0.4, -0.2) is 34.4 Å². The van der Waals surface area contributed by atoms with Gasteiger partial charge in [0.05, 0.1) is 23.9 Å². The molecule has 1 aromatic carbocycles. The van der Waals surface area contributed by atoms with Crippen molar-refractivity contribution in [2.45, 2.75) is 76.0 Å². The number of nitrogens with one attached hydrogen (secondary N) is 2. The molecule has 2 heterocycles. The molecule has 0 radical (unpaired) electrons. The number of nitrogens with zero attached hydrogens (tertiary/aromatic N) is 3. The predicted octanol–water partition coefficient (Wildman–Crippen LogP) is 4.38. The van der Waals surface area contributed by atoms with Crippen molar-refractivity contribution in [3.8, 4) is 11.8 Å². The lowest BCUT2D eigenvalue weighted by molar-refractivity contribution is -0.136. The van der Waals surface area contributed by atoms with Crippen LogP contribution in [0.15, 0.2) is 18.2 Å². The number of aryl methyl sites for hydroxylation is 2. The van der Waals surface area contributed by atoms with Crippen molar-refractivity contribution in [2.75, 3.05) is 11.9 Å². The van der Waals surface area contributed by atoms with Crippen LogP contribution in [0.25, 0.3) is 0 Å². The second-order valence-corrected chi connectivity index (χ2v) is 10.1. The summed E-state index contributed by atoms with van der Waals surface area (Å²) in [6.07, 6.45) is -0.488. The molecule has 3 aliphatic rings. The maximum Gasteiger partial charge on any atom is 0.389 e. The summed E-state index contributed by atoms with van der Waals surface area (Å²) in [6, 6.07) is 7.25. The van der Waals surface area contributed by atoms with Crippen molar-refractivity contribution < 1.29 is 27.5 Å². The number of nitriles is 1. The molecule has 1 aromatic heterocycles. The Morgan fingerprint density at radius 2 is 2.16 bits per heavy atom. The van der Waals surface area contributed by atoms with Crippen molar-refractivity contribution in [2.24, 2.45) is 5.92 Å². The number of aromatic nitrogens is 2. The number of anilines is 1. The summed E-state index contributed by atoms with van der Waals surface area (Å²) in [7, 11) is 0. The average molecular weight is 516 g/mol. The van der Waals surface area contributed by atoms with Crippen LogP contribution in [0.1, 0.15) is 72.1 Å². The molecule has 1 fully saturated rings. The Kier molecular flexibility index (Phi) is 6.60. The van der Waals surface area contributed by atoms with E-state index in [1.54, 1.807) is 10.7 Å². The molecule has 0 bridgehead atoms. The van der Waals surface area contributed by atoms with Crippen molar-refractivity contribution in [1.29, 1.82) is 5.26 Å². The Balaban J connectivity index is 1.36. The fourth-order valence-corrected chi connectivity index (χ4v) is 5.32. The Morgan fingerprint density at radius 1 is 1.35 bits per heavy atom. The van der Waals surface area contributed by atoms with Gasteiger partial charge in [-0.15, -0.1) is 0 Å². The number of hydrogen-bond acceptors (Lipinski definition) is 5. The smallest absolute Gasteiger partial charge is 0.389 e. The number of alkyl halides is 3. The van der Waals surface area contributed by atoms with Gasteiger partial charge in [0.1, 0.15) is 23.6 Å². The third-order valence-corrected chi connectivity index (χ3v) is 7.30. The first-order valence-corrected chi connectivity index (χ1v) is 12.6. The van der Waals surface area contributed by atoms with E-state index in [-0.39, 0.29) is 25.4 Å². The highest BCUT2D eigenvalue weighted by Gasteiger charge is 2.46. The summed E-state index contributed by atoms with van der Waals surface area (Å²) in [5.41, 5.74) is 2.21. The summed E-state index contributed by atoms with van der Waals surface area (Å²) in [5.74, 6) is 0.666. The standard InChI is InChI=1S/C26H28F3N5O3/c27-26(28,29)9-1-13-37-18-4-5-19-17(14-18)6-10-25(19)15-20-22(24(36)32-25)23(31-21(35)7-11-30)34(33-20)12-8-16-2-3-16/h4-5,14,16H,1-3,6-10,12-13,15H2,(H,31,35)(H,32,36)/t25-/m0/s1. The van der Waals surface area contributed by atoms with Gasteiger partial charge in [-0.3, -0.25) is 9.59 Å². The Labute approximate surface area is 212 Å². The fourth-order valence-electron chi connectivity index (χ4n) is 5.32. The van der Waals surface area contributed by atoms with E-state index in [4.69, 9.17) is 15.1 Å². The molecular formula is C26H28F3N5O3. The minimum absolute atomic E-state index is 0.0257. The Morgan fingerprint density at radius 3 is 2.89 bits per heavy atom. The van der Waals surface area contributed by atoms with Crippen LogP contribution < -0.4 is 15.4 Å². The van der Waals surface area contributed by atoms with Crippen molar-refractivity contribution in [3.63, 3.8) is 0 Å². The lowest BCUT2D eigenvalue weighted by Crippen LogP contribution is -2.49. The molecule has 1 spiro atoms. The van der Waals surface area contributed by atoms with Gasteiger partial charge >= 0.3 is 6.18 Å². The predicted molar refractivity (Wildman–Crippen MR) is 127 cm³/mol. The highest BCUT2D eigenvalue weighted by atomic mass is 19.4. The zero-order valence-corrected chi connectivity index (χ0v) is 20.3. The molecule has 11 heteroatoms. The van der Waals surface area contributed by atoms with Gasteiger partial charge in [0.2, 0.25) is 5.91 Å². The summed E-state index contributed by atoms with van der Waals surface area (Å²) >= 11 is 0. The zero-order chi connectivity index (χ0) is 26.2. The number of hydrogen-bond donors (Lipinski definition) is 2. The SMILES string of the molecule is N#CCC(=O)Nc1c2c(nn1CCC1CC1)C[C@]1(CCc3cc(OCCCC(F)(F)F)ccc31)NC2=O. The molecule has 0 saturated heterocycles. The monoisotopic (exact) mass is 515 g/mol. The number of carbonyl (C=O) groups excluding carboxylic acids is 2. The molecule has 8 nitrogen and oxygen atoms in total. The molecule has 2 amide bonds. The number of benzene rings is 1. The van der Waals surface area contributed by atoms with Crippen LogP contribution in [0.5, 0.6) is 5.75 Å². The summed E-state index contributed by atoms with van der Waals surface area (Å²) in [5, 5.41) is 19.5. The summed E-state index contributed by atoms with van der Waals surface area (Å²) in [6.45, 7) is 0.549. The normalized spacial score (nSPS) is 20.2. The van der Waals surface area contributed by atoms with Crippen molar-refractivity contribution in [1.82, 2.24) is 15.1 Å². The van der Waals surface area contributed by atoms with Gasteiger partial charge in [0.15, 0.2) is 0 Å². The maximum atomic E-state index is 13.4. The third-order valence-electron chi connectivity index (χ3n) is 7.30. The molecule has 2 aromatic rings. The van der Waals surface area contributed by atoms with Gasteiger partial charge in [0.25, 0.3) is 5.91 Å². The van der Waals surface area contributed by atoms with Gasteiger partial charge in [-0.05, 0) is 54.9 Å². The lowest BCUT2D eigenvalue weighted by Gasteiger charge is -2.35. The molecule has 2 N–H and O–H groups in total. The third kappa shape index (κ3) is 5.43. The van der Waals surface area contributed by atoms with E-state index >= 15 is 0 Å². The van der Waals surface area contributed by atoms with E-state index < -0.39 is 24.0 Å². The summed E-state index contributed by atoms with van der Waals surface area (Å²) in [4.78, 5) is 25.6. The number of halogens is 3. The summed E-state index contributed by atoms with van der Waals surface area (Å²) < 4.78 is 44.4. The molecule has 1 atom stereocenters. The maximum absolute atomic E-state index is 13.4. The number of amides is 2. The largest absolute Gasteiger partial charge is 0.494 e. The average Bonchev–Trinajstić information content (AvgIpc) is 3.52. The topological polar surface area (TPSA) is 109 Å². The Bertz CT molecular complexity index is 1260. The molecule has 196 valence electrons. The van der Waals surface area contributed by atoms with Gasteiger partial charge in [0, 0.05) is 19.4 Å².